The van der Waals surface area contributed by atoms with Crippen LogP contribution in [-0.2, 0) is 12.1 Å². The lowest BCUT2D eigenvalue weighted by Crippen LogP contribution is -2.59. The number of carbonyl (C=O) groups is 2. The third kappa shape index (κ3) is 7.13. The van der Waals surface area contributed by atoms with E-state index >= 15 is 4.39 Å². The standard InChI is InChI=1S/C25H11BrClF13N2O3/c26-14-7-10(21(29,23(32,33)34)22(30,31)24(35,36)37)8-17(45-25(38,39)40)13(14)9-16(43)11-3-1-5-15(18(11)28)42-20(44)12-4-2-6-41-19(12)27/h1-8H,9H2,(H,42,44). The van der Waals surface area contributed by atoms with Crippen molar-refractivity contribution < 1.29 is 71.4 Å². The first-order valence-electron chi connectivity index (χ1n) is 11.4. The van der Waals surface area contributed by atoms with Crippen molar-refractivity contribution in [2.75, 3.05) is 5.32 Å². The van der Waals surface area contributed by atoms with E-state index in [2.05, 4.69) is 31.0 Å². The molecule has 0 radical (unpaired) electrons. The van der Waals surface area contributed by atoms with Gasteiger partial charge in [0, 0.05) is 28.2 Å². The number of ether oxygens (including phenoxy) is 1. The molecule has 0 aliphatic carbocycles. The molecule has 0 aliphatic heterocycles. The number of nitrogens with zero attached hydrogens (tertiary/aromatic N) is 1. The van der Waals surface area contributed by atoms with E-state index in [1.54, 1.807) is 0 Å². The van der Waals surface area contributed by atoms with Crippen LogP contribution in [-0.4, -0.2) is 41.3 Å². The first-order valence-corrected chi connectivity index (χ1v) is 12.6. The summed E-state index contributed by atoms with van der Waals surface area (Å²) in [5, 5.41) is 1.76. The fourth-order valence-electron chi connectivity index (χ4n) is 3.76. The molecule has 45 heavy (non-hydrogen) atoms. The van der Waals surface area contributed by atoms with E-state index in [1.165, 1.54) is 18.3 Å². The highest BCUT2D eigenvalue weighted by molar-refractivity contribution is 9.10. The Morgan fingerprint density at radius 1 is 0.867 bits per heavy atom. The van der Waals surface area contributed by atoms with E-state index in [9.17, 15) is 62.3 Å². The first-order chi connectivity index (χ1) is 20.4. The molecular weight excluding hydrogens is 739 g/mol. The molecule has 0 fully saturated rings. The van der Waals surface area contributed by atoms with E-state index < -0.39 is 92.9 Å². The smallest absolute Gasteiger partial charge is 0.405 e. The van der Waals surface area contributed by atoms with Gasteiger partial charge < -0.3 is 10.1 Å². The number of anilines is 1. The van der Waals surface area contributed by atoms with Crippen molar-refractivity contribution in [1.82, 2.24) is 4.98 Å². The molecule has 0 saturated heterocycles. The second-order valence-electron chi connectivity index (χ2n) is 8.77. The van der Waals surface area contributed by atoms with Gasteiger partial charge in [-0.05, 0) is 36.4 Å². The van der Waals surface area contributed by atoms with Crippen LogP contribution < -0.4 is 10.1 Å². The monoisotopic (exact) mass is 748 g/mol. The van der Waals surface area contributed by atoms with Crippen LogP contribution in [0.3, 0.4) is 0 Å². The summed E-state index contributed by atoms with van der Waals surface area (Å²) in [4.78, 5) is 29.0. The van der Waals surface area contributed by atoms with Gasteiger partial charge >= 0.3 is 30.3 Å². The number of hydrogen-bond acceptors (Lipinski definition) is 4. The van der Waals surface area contributed by atoms with Crippen LogP contribution in [0.4, 0.5) is 62.8 Å². The van der Waals surface area contributed by atoms with Gasteiger partial charge in [-0.1, -0.05) is 33.6 Å². The zero-order valence-electron chi connectivity index (χ0n) is 21.2. The molecule has 3 rings (SSSR count). The molecule has 1 heterocycles. The summed E-state index contributed by atoms with van der Waals surface area (Å²) in [5.74, 6) is -13.2. The number of Topliss-reactive ketones (excluding diaryl/α,β-unsaturated/α-hetero) is 1. The molecule has 2 aromatic carbocycles. The van der Waals surface area contributed by atoms with Gasteiger partial charge in [0.25, 0.3) is 5.91 Å². The Bertz CT molecular complexity index is 1630. The van der Waals surface area contributed by atoms with Gasteiger partial charge in [-0.25, -0.2) is 13.8 Å². The van der Waals surface area contributed by atoms with Gasteiger partial charge in [0.05, 0.1) is 16.8 Å². The van der Waals surface area contributed by atoms with Crippen molar-refractivity contribution in [3.8, 4) is 5.75 Å². The van der Waals surface area contributed by atoms with Gasteiger partial charge in [-0.2, -0.15) is 35.1 Å². The van der Waals surface area contributed by atoms with Crippen LogP contribution in [0.15, 0.2) is 53.1 Å². The predicted octanol–water partition coefficient (Wildman–Crippen LogP) is 9.14. The molecule has 1 atom stereocenters. The van der Waals surface area contributed by atoms with Gasteiger partial charge in [0.2, 0.25) is 0 Å². The molecule has 0 spiro atoms. The first kappa shape index (κ1) is 35.9. The molecule has 5 nitrogen and oxygen atoms in total. The molecule has 3 aromatic rings. The minimum absolute atomic E-state index is 0.243. The Labute approximate surface area is 255 Å². The van der Waals surface area contributed by atoms with Crippen molar-refractivity contribution >= 4 is 44.9 Å². The van der Waals surface area contributed by atoms with Crippen molar-refractivity contribution in [2.45, 2.75) is 36.7 Å². The Morgan fingerprint density at radius 3 is 2.00 bits per heavy atom. The van der Waals surface area contributed by atoms with Crippen molar-refractivity contribution in [2.24, 2.45) is 0 Å². The Morgan fingerprint density at radius 2 is 1.47 bits per heavy atom. The van der Waals surface area contributed by atoms with Gasteiger partial charge in [0.1, 0.15) is 10.9 Å². The van der Waals surface area contributed by atoms with E-state index in [0.717, 1.165) is 18.2 Å². The summed E-state index contributed by atoms with van der Waals surface area (Å²) in [6.07, 6.45) is -20.3. The summed E-state index contributed by atoms with van der Waals surface area (Å²) in [5.41, 5.74) is -12.3. The fraction of sp³-hybridized carbons (Fsp3) is 0.240. The number of pyridine rings is 1. The largest absolute Gasteiger partial charge is 0.573 e. The quantitative estimate of drug-likeness (QED) is 0.142. The zero-order valence-corrected chi connectivity index (χ0v) is 23.5. The highest BCUT2D eigenvalue weighted by Crippen LogP contribution is 2.59. The summed E-state index contributed by atoms with van der Waals surface area (Å²) >= 11 is 8.14. The van der Waals surface area contributed by atoms with Gasteiger partial charge in [-0.15, -0.1) is 13.2 Å². The highest BCUT2D eigenvalue weighted by atomic mass is 79.9. The molecular formula is C25H11BrClF13N2O3. The average molecular weight is 750 g/mol. The second kappa shape index (κ2) is 12.3. The average Bonchev–Trinajstić information content (AvgIpc) is 2.89. The highest BCUT2D eigenvalue weighted by Gasteiger charge is 2.81. The van der Waals surface area contributed by atoms with Crippen molar-refractivity contribution in [3.05, 3.63) is 86.4 Å². The number of amides is 1. The molecule has 244 valence electrons. The molecule has 20 heteroatoms. The van der Waals surface area contributed by atoms with E-state index in [0.29, 0.717) is 0 Å². The minimum Gasteiger partial charge on any atom is -0.405 e. The van der Waals surface area contributed by atoms with Crippen molar-refractivity contribution in [1.29, 1.82) is 0 Å². The lowest BCUT2D eigenvalue weighted by Gasteiger charge is -2.36. The summed E-state index contributed by atoms with van der Waals surface area (Å²) in [7, 11) is 0. The summed E-state index contributed by atoms with van der Waals surface area (Å²) in [6.45, 7) is 0. The number of nitrogens with one attached hydrogen (secondary N) is 1. The number of hydrogen-bond donors (Lipinski definition) is 1. The third-order valence-corrected chi connectivity index (χ3v) is 6.85. The van der Waals surface area contributed by atoms with Crippen LogP contribution in [0.5, 0.6) is 5.75 Å². The molecule has 0 bridgehead atoms. The maximum atomic E-state index is 15.2. The molecule has 0 saturated carbocycles. The molecule has 0 aliphatic rings. The lowest BCUT2D eigenvalue weighted by molar-refractivity contribution is -0.389. The van der Waals surface area contributed by atoms with Crippen LogP contribution in [0.25, 0.3) is 0 Å². The molecule has 1 unspecified atom stereocenters. The van der Waals surface area contributed by atoms with Crippen LogP contribution in [0.2, 0.25) is 5.15 Å². The second-order valence-corrected chi connectivity index (χ2v) is 9.99. The van der Waals surface area contributed by atoms with E-state index in [1.807, 2.05) is 0 Å². The summed E-state index contributed by atoms with van der Waals surface area (Å²) in [6, 6.07) is 4.08. The predicted molar refractivity (Wildman–Crippen MR) is 132 cm³/mol. The van der Waals surface area contributed by atoms with Crippen LogP contribution >= 0.6 is 27.5 Å². The number of rotatable bonds is 8. The topological polar surface area (TPSA) is 68.3 Å². The number of ketones is 1. The van der Waals surface area contributed by atoms with E-state index in [-0.39, 0.29) is 16.8 Å². The van der Waals surface area contributed by atoms with Crippen molar-refractivity contribution in [3.63, 3.8) is 0 Å². The number of halogens is 15. The summed E-state index contributed by atoms with van der Waals surface area (Å²) < 4.78 is 179. The van der Waals surface area contributed by atoms with Crippen LogP contribution in [0, 0.1) is 5.82 Å². The maximum Gasteiger partial charge on any atom is 0.573 e. The normalized spacial score (nSPS) is 14.1. The number of benzene rings is 2. The van der Waals surface area contributed by atoms with Gasteiger partial charge in [0.15, 0.2) is 11.6 Å². The molecule has 1 aromatic heterocycles. The Kier molecular flexibility index (Phi) is 9.80. The lowest BCUT2D eigenvalue weighted by atomic mass is 9.86. The molecule has 1 amide bonds. The fourth-order valence-corrected chi connectivity index (χ4v) is 4.55. The van der Waals surface area contributed by atoms with Gasteiger partial charge in [-0.3, -0.25) is 9.59 Å². The Hall–Kier alpha value is -3.61. The molecule has 1 N–H and O–H groups in total. The zero-order chi connectivity index (χ0) is 34.3. The number of carbonyl (C=O) groups excluding carboxylic acids is 2. The minimum atomic E-state index is -7.24. The maximum absolute atomic E-state index is 15.2. The number of aromatic nitrogens is 1. The Balaban J connectivity index is 2.11. The SMILES string of the molecule is O=C(Nc1cccc(C(=O)Cc2c(Br)cc(C(F)(C(F)(F)F)C(F)(F)C(F)(F)F)cc2OC(F)(F)F)c1F)c1cccnc1Cl. The van der Waals surface area contributed by atoms with Crippen LogP contribution in [0.1, 0.15) is 31.8 Å². The number of alkyl halides is 12. The van der Waals surface area contributed by atoms with E-state index in [4.69, 9.17) is 11.6 Å². The third-order valence-electron chi connectivity index (χ3n) is 5.85.